The summed E-state index contributed by atoms with van der Waals surface area (Å²) < 4.78 is 5.08. The van der Waals surface area contributed by atoms with E-state index in [0.29, 0.717) is 38.5 Å². The zero-order chi connectivity index (χ0) is 19.1. The van der Waals surface area contributed by atoms with Crippen LogP contribution in [0, 0.1) is 11.8 Å². The van der Waals surface area contributed by atoms with E-state index in [0.717, 1.165) is 39.0 Å². The van der Waals surface area contributed by atoms with Gasteiger partial charge in [-0.05, 0) is 63.1 Å². The number of carbonyl (C=O) groups is 2. The van der Waals surface area contributed by atoms with Crippen molar-refractivity contribution >= 4 is 23.3 Å². The van der Waals surface area contributed by atoms with Crippen LogP contribution in [0.1, 0.15) is 37.5 Å². The Morgan fingerprint density at radius 2 is 1.93 bits per heavy atom. The summed E-state index contributed by atoms with van der Waals surface area (Å²) in [5.41, 5.74) is 0. The van der Waals surface area contributed by atoms with Crippen LogP contribution in [0.25, 0.3) is 0 Å². The molecule has 2 saturated heterocycles. The summed E-state index contributed by atoms with van der Waals surface area (Å²) in [5, 5.41) is 5.24. The van der Waals surface area contributed by atoms with E-state index in [1.165, 1.54) is 4.88 Å². The second kappa shape index (κ2) is 10.1. The molecule has 2 amide bonds. The number of esters is 1. The van der Waals surface area contributed by atoms with E-state index in [1.807, 2.05) is 23.2 Å². The summed E-state index contributed by atoms with van der Waals surface area (Å²) >= 11 is 1.82. The van der Waals surface area contributed by atoms with Gasteiger partial charge in [0.25, 0.3) is 0 Å². The summed E-state index contributed by atoms with van der Waals surface area (Å²) in [6.07, 6.45) is 3.67. The second-order valence-corrected chi connectivity index (χ2v) is 8.53. The number of carbonyl (C=O) groups excluding carboxylic acids is 2. The lowest BCUT2D eigenvalue weighted by atomic mass is 9.96. The van der Waals surface area contributed by atoms with Crippen LogP contribution < -0.4 is 5.32 Å². The van der Waals surface area contributed by atoms with Crippen LogP contribution in [0.5, 0.6) is 0 Å². The first kappa shape index (κ1) is 20.1. The van der Waals surface area contributed by atoms with Crippen molar-refractivity contribution in [3.05, 3.63) is 22.4 Å². The van der Waals surface area contributed by atoms with Gasteiger partial charge in [0.1, 0.15) is 0 Å². The lowest BCUT2D eigenvalue weighted by Crippen LogP contribution is -2.47. The zero-order valence-corrected chi connectivity index (χ0v) is 17.0. The van der Waals surface area contributed by atoms with Crippen molar-refractivity contribution < 1.29 is 14.3 Å². The van der Waals surface area contributed by atoms with Gasteiger partial charge in [0.15, 0.2) is 0 Å². The predicted octanol–water partition coefficient (Wildman–Crippen LogP) is 2.94. The average Bonchev–Trinajstić information content (AvgIpc) is 3.20. The summed E-state index contributed by atoms with van der Waals surface area (Å²) in [5.74, 6) is 0.388. The van der Waals surface area contributed by atoms with Gasteiger partial charge < -0.3 is 15.0 Å². The Balaban J connectivity index is 1.31. The number of rotatable bonds is 6. The maximum absolute atomic E-state index is 12.4. The molecule has 0 saturated carbocycles. The second-order valence-electron chi connectivity index (χ2n) is 7.50. The molecule has 2 fully saturated rings. The van der Waals surface area contributed by atoms with Crippen molar-refractivity contribution in [3.8, 4) is 0 Å². The first-order chi connectivity index (χ1) is 13.2. The lowest BCUT2D eigenvalue weighted by molar-refractivity contribution is -0.149. The Labute approximate surface area is 165 Å². The maximum atomic E-state index is 12.4. The minimum absolute atomic E-state index is 0.0123. The standard InChI is InChI=1S/C20H31N3O3S/c1-2-26-19(24)17-7-11-23(12-8-17)20(25)21-14-16-5-9-22(10-6-16)15-18-4-3-13-27-18/h3-4,13,16-17H,2,5-12,14-15H2,1H3,(H,21,25). The topological polar surface area (TPSA) is 61.9 Å². The van der Waals surface area contributed by atoms with Gasteiger partial charge in [0, 0.05) is 31.1 Å². The van der Waals surface area contributed by atoms with Crippen LogP contribution >= 0.6 is 11.3 Å². The van der Waals surface area contributed by atoms with E-state index in [-0.39, 0.29) is 17.9 Å². The van der Waals surface area contributed by atoms with Crippen molar-refractivity contribution in [2.24, 2.45) is 11.8 Å². The quantitative estimate of drug-likeness (QED) is 0.755. The van der Waals surface area contributed by atoms with Crippen LogP contribution in [0.2, 0.25) is 0 Å². The molecular formula is C20H31N3O3S. The third-order valence-electron chi connectivity index (χ3n) is 5.61. The smallest absolute Gasteiger partial charge is 0.317 e. The molecule has 3 rings (SSSR count). The van der Waals surface area contributed by atoms with E-state index >= 15 is 0 Å². The average molecular weight is 394 g/mol. The summed E-state index contributed by atoms with van der Waals surface area (Å²) in [4.78, 5) is 30.0. The zero-order valence-electron chi connectivity index (χ0n) is 16.2. The molecule has 0 atom stereocenters. The molecule has 3 heterocycles. The van der Waals surface area contributed by atoms with Gasteiger partial charge in [-0.3, -0.25) is 9.69 Å². The minimum Gasteiger partial charge on any atom is -0.466 e. The number of hydrogen-bond donors (Lipinski definition) is 1. The van der Waals surface area contributed by atoms with Crippen molar-refractivity contribution in [2.75, 3.05) is 39.3 Å². The van der Waals surface area contributed by atoms with Gasteiger partial charge in [-0.25, -0.2) is 4.79 Å². The Bertz CT molecular complexity index is 592. The first-order valence-corrected chi connectivity index (χ1v) is 11.0. The fourth-order valence-corrected chi connectivity index (χ4v) is 4.64. The molecule has 6 nitrogen and oxygen atoms in total. The number of amides is 2. The van der Waals surface area contributed by atoms with Crippen LogP contribution in [-0.2, 0) is 16.1 Å². The van der Waals surface area contributed by atoms with Crippen LogP contribution in [0.4, 0.5) is 4.79 Å². The molecule has 1 aromatic heterocycles. The number of hydrogen-bond acceptors (Lipinski definition) is 5. The number of nitrogens with zero attached hydrogens (tertiary/aromatic N) is 2. The highest BCUT2D eigenvalue weighted by molar-refractivity contribution is 7.09. The largest absolute Gasteiger partial charge is 0.466 e. The first-order valence-electron chi connectivity index (χ1n) is 10.1. The van der Waals surface area contributed by atoms with E-state index in [2.05, 4.69) is 27.7 Å². The molecule has 2 aliphatic heterocycles. The molecular weight excluding hydrogens is 362 g/mol. The summed E-state index contributed by atoms with van der Waals surface area (Å²) in [6.45, 7) is 7.52. The highest BCUT2D eigenvalue weighted by Gasteiger charge is 2.28. The van der Waals surface area contributed by atoms with E-state index in [1.54, 1.807) is 0 Å². The lowest BCUT2D eigenvalue weighted by Gasteiger charge is -2.33. The fourth-order valence-electron chi connectivity index (χ4n) is 3.89. The van der Waals surface area contributed by atoms with E-state index < -0.39 is 0 Å². The van der Waals surface area contributed by atoms with Gasteiger partial charge in [-0.2, -0.15) is 0 Å². The molecule has 1 aromatic rings. The number of piperidine rings is 2. The third kappa shape index (κ3) is 5.94. The van der Waals surface area contributed by atoms with Crippen molar-refractivity contribution in [2.45, 2.75) is 39.2 Å². The molecule has 0 unspecified atom stereocenters. The molecule has 0 aromatic carbocycles. The van der Waals surface area contributed by atoms with Gasteiger partial charge in [0.2, 0.25) is 0 Å². The molecule has 7 heteroatoms. The Hall–Kier alpha value is -1.60. The Morgan fingerprint density at radius 1 is 1.19 bits per heavy atom. The van der Waals surface area contributed by atoms with Crippen molar-refractivity contribution in [1.82, 2.24) is 15.1 Å². The SMILES string of the molecule is CCOC(=O)C1CCN(C(=O)NCC2CCN(Cc3cccs3)CC2)CC1. The van der Waals surface area contributed by atoms with Crippen LogP contribution in [-0.4, -0.2) is 61.1 Å². The third-order valence-corrected chi connectivity index (χ3v) is 6.47. The van der Waals surface area contributed by atoms with Crippen LogP contribution in [0.15, 0.2) is 17.5 Å². The number of thiophene rings is 1. The number of urea groups is 1. The van der Waals surface area contributed by atoms with Crippen molar-refractivity contribution in [1.29, 1.82) is 0 Å². The molecule has 0 radical (unpaired) electrons. The molecule has 150 valence electrons. The van der Waals surface area contributed by atoms with Crippen molar-refractivity contribution in [3.63, 3.8) is 0 Å². The molecule has 0 bridgehead atoms. The van der Waals surface area contributed by atoms with E-state index in [4.69, 9.17) is 4.74 Å². The summed E-state index contributed by atoms with van der Waals surface area (Å²) in [6, 6.07) is 4.32. The van der Waals surface area contributed by atoms with Gasteiger partial charge in [-0.15, -0.1) is 11.3 Å². The van der Waals surface area contributed by atoms with Gasteiger partial charge >= 0.3 is 12.0 Å². The number of likely N-dealkylation sites (tertiary alicyclic amines) is 2. The predicted molar refractivity (Wildman–Crippen MR) is 107 cm³/mol. The Kier molecular flexibility index (Phi) is 7.52. The molecule has 27 heavy (non-hydrogen) atoms. The number of ether oxygens (including phenoxy) is 1. The molecule has 0 spiro atoms. The summed E-state index contributed by atoms with van der Waals surface area (Å²) in [7, 11) is 0. The molecule has 2 aliphatic rings. The monoisotopic (exact) mass is 393 g/mol. The molecule has 1 N–H and O–H groups in total. The number of nitrogens with one attached hydrogen (secondary N) is 1. The maximum Gasteiger partial charge on any atom is 0.317 e. The normalized spacial score (nSPS) is 19.8. The molecule has 0 aliphatic carbocycles. The highest BCUT2D eigenvalue weighted by atomic mass is 32.1. The Morgan fingerprint density at radius 3 is 2.56 bits per heavy atom. The minimum atomic E-state index is -0.119. The van der Waals surface area contributed by atoms with E-state index in [9.17, 15) is 9.59 Å². The van der Waals surface area contributed by atoms with Gasteiger partial charge in [-0.1, -0.05) is 6.07 Å². The fraction of sp³-hybridized carbons (Fsp3) is 0.700. The van der Waals surface area contributed by atoms with Gasteiger partial charge in [0.05, 0.1) is 12.5 Å². The van der Waals surface area contributed by atoms with Crippen LogP contribution in [0.3, 0.4) is 0 Å². The highest BCUT2D eigenvalue weighted by Crippen LogP contribution is 2.21.